The number of nitrogens with zero attached hydrogens (tertiary/aromatic N) is 6. The maximum absolute atomic E-state index is 6.05. The molecule has 0 spiro atoms. The van der Waals surface area contributed by atoms with E-state index in [1.165, 1.54) is 0 Å². The second kappa shape index (κ2) is 12.9. The molecule has 1 N–H and O–H groups in total. The molecule has 0 unspecified atom stereocenters. The van der Waals surface area contributed by atoms with Gasteiger partial charge in [-0.2, -0.15) is 5.10 Å². The second-order valence-electron chi connectivity index (χ2n) is 10.1. The molecule has 0 amide bonds. The summed E-state index contributed by atoms with van der Waals surface area (Å²) in [6.45, 7) is 13.3. The van der Waals surface area contributed by atoms with Crippen molar-refractivity contribution in [3.8, 4) is 22.5 Å². The summed E-state index contributed by atoms with van der Waals surface area (Å²) in [7, 11) is 0. The molecule has 9 nitrogen and oxygen atoms in total. The van der Waals surface area contributed by atoms with Gasteiger partial charge >= 0.3 is 0 Å². The lowest BCUT2D eigenvalue weighted by atomic mass is 9.97. The summed E-state index contributed by atoms with van der Waals surface area (Å²) in [5, 5.41) is 19.3. The van der Waals surface area contributed by atoms with Crippen LogP contribution in [-0.4, -0.2) is 47.6 Å². The topological polar surface area (TPSA) is 104 Å². The van der Waals surface area contributed by atoms with E-state index in [2.05, 4.69) is 64.8 Å². The van der Waals surface area contributed by atoms with Gasteiger partial charge < -0.3 is 9.47 Å². The lowest BCUT2D eigenvalue weighted by Gasteiger charge is -2.20. The first-order chi connectivity index (χ1) is 18.4. The standard InChI is InChI=1S/C29H39N7O2/c1-7-21(8-2)18-36-26(30-28(33-36)29(37-19(3)4)38-20(5)6)17-22-13-15-23(16-14-22)24-11-9-10-12-25(24)27-31-34-35-32-27/h9-16,19-21,29H,7-8,17-18H2,1-6H3,(H,31,32,34,35). The maximum Gasteiger partial charge on any atom is 0.221 e. The van der Waals surface area contributed by atoms with Crippen molar-refractivity contribution >= 4 is 0 Å². The number of ether oxygens (including phenoxy) is 2. The highest BCUT2D eigenvalue weighted by atomic mass is 16.7. The quantitative estimate of drug-likeness (QED) is 0.217. The number of aromatic amines is 1. The summed E-state index contributed by atoms with van der Waals surface area (Å²) in [5.41, 5.74) is 4.27. The van der Waals surface area contributed by atoms with Gasteiger partial charge in [0.2, 0.25) is 12.1 Å². The molecule has 0 atom stereocenters. The van der Waals surface area contributed by atoms with Crippen LogP contribution in [0.4, 0.5) is 0 Å². The van der Waals surface area contributed by atoms with Crippen molar-refractivity contribution in [1.82, 2.24) is 35.4 Å². The van der Waals surface area contributed by atoms with E-state index in [0.717, 1.165) is 47.5 Å². The molecule has 38 heavy (non-hydrogen) atoms. The molecular weight excluding hydrogens is 478 g/mol. The summed E-state index contributed by atoms with van der Waals surface area (Å²) in [4.78, 5) is 4.94. The Morgan fingerprint density at radius 2 is 1.53 bits per heavy atom. The first-order valence-electron chi connectivity index (χ1n) is 13.5. The summed E-state index contributed by atoms with van der Waals surface area (Å²) < 4.78 is 14.2. The van der Waals surface area contributed by atoms with Crippen molar-refractivity contribution in [3.05, 3.63) is 65.7 Å². The van der Waals surface area contributed by atoms with Gasteiger partial charge in [-0.3, -0.25) is 0 Å². The number of hydrogen-bond acceptors (Lipinski definition) is 7. The third-order valence-corrected chi connectivity index (χ3v) is 6.51. The number of rotatable bonds is 13. The molecule has 4 aromatic rings. The predicted octanol–water partition coefficient (Wildman–Crippen LogP) is 6.00. The summed E-state index contributed by atoms with van der Waals surface area (Å²) in [6.07, 6.45) is 2.24. The number of benzene rings is 2. The van der Waals surface area contributed by atoms with Crippen LogP contribution in [0.5, 0.6) is 0 Å². The molecule has 2 aromatic heterocycles. The zero-order chi connectivity index (χ0) is 27.1. The van der Waals surface area contributed by atoms with Crippen molar-refractivity contribution in [3.63, 3.8) is 0 Å². The lowest BCUT2D eigenvalue weighted by Crippen LogP contribution is -2.19. The normalized spacial score (nSPS) is 11.9. The average Bonchev–Trinajstić information content (AvgIpc) is 3.57. The Morgan fingerprint density at radius 1 is 0.868 bits per heavy atom. The molecule has 9 heteroatoms. The number of H-pyrrole nitrogens is 1. The number of tetrazole rings is 1. The minimum Gasteiger partial charge on any atom is -0.343 e. The fourth-order valence-electron chi connectivity index (χ4n) is 4.41. The monoisotopic (exact) mass is 517 g/mol. The molecule has 0 aliphatic carbocycles. The van der Waals surface area contributed by atoms with Gasteiger partial charge in [-0.1, -0.05) is 75.2 Å². The van der Waals surface area contributed by atoms with Crippen LogP contribution in [-0.2, 0) is 22.4 Å². The Morgan fingerprint density at radius 3 is 2.11 bits per heavy atom. The molecular formula is C29H39N7O2. The van der Waals surface area contributed by atoms with Crippen molar-refractivity contribution in [2.24, 2.45) is 5.92 Å². The van der Waals surface area contributed by atoms with Crippen LogP contribution in [0.2, 0.25) is 0 Å². The van der Waals surface area contributed by atoms with E-state index in [1.807, 2.05) is 50.6 Å². The maximum atomic E-state index is 6.05. The summed E-state index contributed by atoms with van der Waals surface area (Å²) in [6, 6.07) is 16.7. The van der Waals surface area contributed by atoms with E-state index in [4.69, 9.17) is 19.6 Å². The predicted molar refractivity (Wildman–Crippen MR) is 147 cm³/mol. The number of aromatic nitrogens is 7. The number of hydrogen-bond donors (Lipinski definition) is 1. The summed E-state index contributed by atoms with van der Waals surface area (Å²) >= 11 is 0. The molecule has 0 aliphatic rings. The molecule has 202 valence electrons. The van der Waals surface area contributed by atoms with Crippen LogP contribution >= 0.6 is 0 Å². The first-order valence-corrected chi connectivity index (χ1v) is 13.5. The van der Waals surface area contributed by atoms with Gasteiger partial charge in [-0.25, -0.2) is 14.8 Å². The highest BCUT2D eigenvalue weighted by Gasteiger charge is 2.24. The third-order valence-electron chi connectivity index (χ3n) is 6.51. The van der Waals surface area contributed by atoms with Gasteiger partial charge in [0.25, 0.3) is 0 Å². The molecule has 0 bridgehead atoms. The zero-order valence-electron chi connectivity index (χ0n) is 23.3. The van der Waals surface area contributed by atoms with E-state index in [9.17, 15) is 0 Å². The van der Waals surface area contributed by atoms with Crippen molar-refractivity contribution in [1.29, 1.82) is 0 Å². The zero-order valence-corrected chi connectivity index (χ0v) is 23.3. The minimum absolute atomic E-state index is 0.00339. The molecule has 0 saturated heterocycles. The van der Waals surface area contributed by atoms with Gasteiger partial charge in [0, 0.05) is 18.5 Å². The Kier molecular flexibility index (Phi) is 9.36. The van der Waals surface area contributed by atoms with Crippen LogP contribution in [0.1, 0.15) is 77.9 Å². The van der Waals surface area contributed by atoms with Gasteiger partial charge in [0.1, 0.15) is 5.82 Å². The van der Waals surface area contributed by atoms with Crippen molar-refractivity contribution in [2.45, 2.75) is 85.8 Å². The summed E-state index contributed by atoms with van der Waals surface area (Å²) in [5.74, 6) is 2.67. The largest absolute Gasteiger partial charge is 0.343 e. The average molecular weight is 518 g/mol. The van der Waals surface area contributed by atoms with E-state index in [-0.39, 0.29) is 12.2 Å². The third kappa shape index (κ3) is 6.90. The molecule has 0 radical (unpaired) electrons. The van der Waals surface area contributed by atoms with Crippen LogP contribution in [0.15, 0.2) is 48.5 Å². The van der Waals surface area contributed by atoms with Gasteiger partial charge in [-0.15, -0.1) is 5.10 Å². The molecule has 2 heterocycles. The Labute approximate surface area is 225 Å². The molecule has 4 rings (SSSR count). The van der Waals surface area contributed by atoms with Crippen molar-refractivity contribution < 1.29 is 9.47 Å². The smallest absolute Gasteiger partial charge is 0.221 e. The second-order valence-corrected chi connectivity index (χ2v) is 10.1. The minimum atomic E-state index is -0.596. The fourth-order valence-corrected chi connectivity index (χ4v) is 4.41. The lowest BCUT2D eigenvalue weighted by molar-refractivity contribution is -0.189. The van der Waals surface area contributed by atoms with E-state index < -0.39 is 6.29 Å². The highest BCUT2D eigenvalue weighted by molar-refractivity contribution is 5.80. The van der Waals surface area contributed by atoms with Crippen LogP contribution in [0.3, 0.4) is 0 Å². The van der Waals surface area contributed by atoms with Crippen molar-refractivity contribution in [2.75, 3.05) is 0 Å². The van der Waals surface area contributed by atoms with Gasteiger partial charge in [0.15, 0.2) is 5.82 Å². The van der Waals surface area contributed by atoms with Crippen LogP contribution in [0.25, 0.3) is 22.5 Å². The highest BCUT2D eigenvalue weighted by Crippen LogP contribution is 2.30. The Hall–Kier alpha value is -3.43. The van der Waals surface area contributed by atoms with Gasteiger partial charge in [-0.05, 0) is 60.7 Å². The van der Waals surface area contributed by atoms with E-state index in [0.29, 0.717) is 24.0 Å². The van der Waals surface area contributed by atoms with Gasteiger partial charge in [0.05, 0.1) is 12.2 Å². The Bertz CT molecular complexity index is 1250. The van der Waals surface area contributed by atoms with E-state index in [1.54, 1.807) is 0 Å². The molecule has 0 fully saturated rings. The SMILES string of the molecule is CCC(CC)Cn1nc(C(OC(C)C)OC(C)C)nc1Cc1ccc(-c2ccccc2-c2nnn[nH]2)cc1. The van der Waals surface area contributed by atoms with E-state index >= 15 is 0 Å². The van der Waals surface area contributed by atoms with Crippen LogP contribution < -0.4 is 0 Å². The molecule has 0 saturated carbocycles. The van der Waals surface area contributed by atoms with Crippen LogP contribution in [0, 0.1) is 5.92 Å². The Balaban J connectivity index is 1.62. The fraction of sp³-hybridized carbons (Fsp3) is 0.483. The first kappa shape index (κ1) is 27.6. The molecule has 2 aromatic carbocycles. The number of nitrogens with one attached hydrogen (secondary N) is 1. The molecule has 0 aliphatic heterocycles.